The molecule has 1 aromatic heterocycles. The Balaban J connectivity index is 2.44. The van der Waals surface area contributed by atoms with E-state index in [4.69, 9.17) is 5.73 Å². The summed E-state index contributed by atoms with van der Waals surface area (Å²) in [5.41, 5.74) is 5.33. The van der Waals surface area contributed by atoms with Gasteiger partial charge in [-0.2, -0.15) is 4.98 Å². The zero-order valence-electron chi connectivity index (χ0n) is 7.82. The predicted octanol–water partition coefficient (Wildman–Crippen LogP) is 1.54. The zero-order valence-corrected chi connectivity index (χ0v) is 7.82. The molecule has 0 saturated heterocycles. The number of nitrogens with two attached hydrogens (primary N) is 1. The van der Waals surface area contributed by atoms with Gasteiger partial charge in [0.05, 0.1) is 6.04 Å². The van der Waals surface area contributed by atoms with E-state index in [2.05, 4.69) is 14.7 Å². The van der Waals surface area contributed by atoms with Gasteiger partial charge in [0, 0.05) is 11.6 Å². The lowest BCUT2D eigenvalue weighted by Crippen LogP contribution is -2.16. The van der Waals surface area contributed by atoms with Gasteiger partial charge in [0.25, 0.3) is 0 Å². The van der Waals surface area contributed by atoms with Crippen molar-refractivity contribution in [3.63, 3.8) is 0 Å². The summed E-state index contributed by atoms with van der Waals surface area (Å²) < 4.78 is 43.3. The third-order valence-corrected chi connectivity index (χ3v) is 2.03. The predicted molar refractivity (Wildman–Crippen MR) is 46.6 cm³/mol. The van der Waals surface area contributed by atoms with Crippen LogP contribution in [0.5, 0.6) is 0 Å². The normalized spacial score (nSPS) is 12.8. The molecule has 0 spiro atoms. The number of hydrogen-bond donors (Lipinski definition) is 1. The summed E-state index contributed by atoms with van der Waals surface area (Å²) in [6.45, 7) is 0. The topological polar surface area (TPSA) is 64.9 Å². The highest BCUT2D eigenvalue weighted by molar-refractivity contribution is 5.26. The van der Waals surface area contributed by atoms with Crippen molar-refractivity contribution in [3.8, 4) is 0 Å². The Kier molecular flexibility index (Phi) is 2.61. The third kappa shape index (κ3) is 1.76. The molecule has 0 saturated carbocycles. The van der Waals surface area contributed by atoms with E-state index < -0.39 is 23.5 Å². The number of halogens is 3. The fourth-order valence-corrected chi connectivity index (χ4v) is 1.23. The van der Waals surface area contributed by atoms with Crippen LogP contribution in [0.2, 0.25) is 0 Å². The van der Waals surface area contributed by atoms with Gasteiger partial charge in [0.1, 0.15) is 5.82 Å². The van der Waals surface area contributed by atoms with Crippen molar-refractivity contribution in [2.45, 2.75) is 6.04 Å². The second kappa shape index (κ2) is 3.93. The monoisotopic (exact) mass is 229 g/mol. The SMILES string of the molecule is NC(c1ncon1)c1cc(F)c(F)cc1F. The molecule has 0 radical (unpaired) electrons. The maximum absolute atomic E-state index is 13.3. The van der Waals surface area contributed by atoms with Crippen LogP contribution in [0.3, 0.4) is 0 Å². The minimum absolute atomic E-state index is 0.00934. The van der Waals surface area contributed by atoms with Crippen molar-refractivity contribution in [2.24, 2.45) is 5.73 Å². The fourth-order valence-electron chi connectivity index (χ4n) is 1.23. The van der Waals surface area contributed by atoms with Crippen molar-refractivity contribution in [2.75, 3.05) is 0 Å². The van der Waals surface area contributed by atoms with E-state index in [9.17, 15) is 13.2 Å². The smallest absolute Gasteiger partial charge is 0.213 e. The lowest BCUT2D eigenvalue weighted by molar-refractivity contribution is 0.406. The molecule has 4 nitrogen and oxygen atoms in total. The van der Waals surface area contributed by atoms with Crippen molar-refractivity contribution in [3.05, 3.63) is 47.4 Å². The maximum Gasteiger partial charge on any atom is 0.213 e. The molecule has 16 heavy (non-hydrogen) atoms. The molecule has 7 heteroatoms. The van der Waals surface area contributed by atoms with Crippen LogP contribution in [0.15, 0.2) is 23.0 Å². The maximum atomic E-state index is 13.3. The minimum atomic E-state index is -1.28. The van der Waals surface area contributed by atoms with E-state index in [1.807, 2.05) is 0 Å². The van der Waals surface area contributed by atoms with Crippen molar-refractivity contribution in [1.82, 2.24) is 10.1 Å². The standard InChI is InChI=1S/C9H6F3N3O/c10-5-2-7(12)6(11)1-4(5)8(13)9-14-3-16-15-9/h1-3,8H,13H2. The largest absolute Gasteiger partial charge is 0.343 e. The van der Waals surface area contributed by atoms with Gasteiger partial charge in [0.2, 0.25) is 6.39 Å². The van der Waals surface area contributed by atoms with Crippen molar-refractivity contribution in [1.29, 1.82) is 0 Å². The summed E-state index contributed by atoms with van der Waals surface area (Å²) in [6, 6.07) is -0.00936. The molecule has 0 aliphatic heterocycles. The lowest BCUT2D eigenvalue weighted by Gasteiger charge is -2.09. The molecule has 2 aromatic rings. The van der Waals surface area contributed by atoms with Crippen LogP contribution >= 0.6 is 0 Å². The first kappa shape index (κ1) is 10.6. The summed E-state index contributed by atoms with van der Waals surface area (Å²) >= 11 is 0. The van der Waals surface area contributed by atoms with Crippen LogP contribution in [0, 0.1) is 17.5 Å². The average molecular weight is 229 g/mol. The quantitative estimate of drug-likeness (QED) is 0.793. The van der Waals surface area contributed by atoms with Gasteiger partial charge >= 0.3 is 0 Å². The summed E-state index contributed by atoms with van der Waals surface area (Å²) in [7, 11) is 0. The third-order valence-electron chi connectivity index (χ3n) is 2.03. The molecule has 1 heterocycles. The van der Waals surface area contributed by atoms with Crippen LogP contribution in [0.25, 0.3) is 0 Å². The number of aromatic nitrogens is 2. The Morgan fingerprint density at radius 3 is 2.44 bits per heavy atom. The first-order valence-corrected chi connectivity index (χ1v) is 4.26. The number of rotatable bonds is 2. The Hall–Kier alpha value is -1.89. The molecular formula is C9H6F3N3O. The molecule has 1 aromatic carbocycles. The van der Waals surface area contributed by atoms with Gasteiger partial charge in [0.15, 0.2) is 17.5 Å². The Bertz CT molecular complexity index is 501. The van der Waals surface area contributed by atoms with E-state index in [1.54, 1.807) is 0 Å². The molecule has 2 rings (SSSR count). The Labute approximate surface area is 87.9 Å². The molecule has 1 atom stereocenters. The molecule has 0 fully saturated rings. The summed E-state index contributed by atoms with van der Waals surface area (Å²) in [5, 5.41) is 3.39. The van der Waals surface area contributed by atoms with E-state index in [0.29, 0.717) is 12.1 Å². The average Bonchev–Trinajstić information content (AvgIpc) is 2.75. The molecule has 0 bridgehead atoms. The fraction of sp³-hybridized carbons (Fsp3) is 0.111. The van der Waals surface area contributed by atoms with Crippen LogP contribution in [0.1, 0.15) is 17.4 Å². The molecule has 0 aliphatic rings. The molecule has 0 aliphatic carbocycles. The highest BCUT2D eigenvalue weighted by atomic mass is 19.2. The number of nitrogens with zero attached hydrogens (tertiary/aromatic N) is 2. The Morgan fingerprint density at radius 2 is 1.81 bits per heavy atom. The number of benzene rings is 1. The van der Waals surface area contributed by atoms with Crippen molar-refractivity contribution >= 4 is 0 Å². The van der Waals surface area contributed by atoms with Crippen LogP contribution in [0.4, 0.5) is 13.2 Å². The molecule has 1 unspecified atom stereocenters. The summed E-state index contributed by atoms with van der Waals surface area (Å²) in [5.74, 6) is -3.43. The minimum Gasteiger partial charge on any atom is -0.343 e. The highest BCUT2D eigenvalue weighted by Gasteiger charge is 2.20. The van der Waals surface area contributed by atoms with Gasteiger partial charge in [-0.1, -0.05) is 5.16 Å². The molecule has 84 valence electrons. The second-order valence-electron chi connectivity index (χ2n) is 3.05. The first-order valence-electron chi connectivity index (χ1n) is 4.26. The Morgan fingerprint density at radius 1 is 1.12 bits per heavy atom. The van der Waals surface area contributed by atoms with Crippen LogP contribution < -0.4 is 5.73 Å². The second-order valence-corrected chi connectivity index (χ2v) is 3.05. The molecular weight excluding hydrogens is 223 g/mol. The molecule has 0 amide bonds. The zero-order chi connectivity index (χ0) is 11.7. The molecule has 2 N–H and O–H groups in total. The van der Waals surface area contributed by atoms with Crippen LogP contribution in [-0.4, -0.2) is 10.1 Å². The van der Waals surface area contributed by atoms with E-state index >= 15 is 0 Å². The van der Waals surface area contributed by atoms with Gasteiger partial charge in [-0.05, 0) is 6.07 Å². The lowest BCUT2D eigenvalue weighted by atomic mass is 10.1. The highest BCUT2D eigenvalue weighted by Crippen LogP contribution is 2.22. The van der Waals surface area contributed by atoms with Gasteiger partial charge < -0.3 is 10.3 Å². The first-order chi connectivity index (χ1) is 7.59. The van der Waals surface area contributed by atoms with Gasteiger partial charge in [-0.25, -0.2) is 13.2 Å². The van der Waals surface area contributed by atoms with E-state index in [1.165, 1.54) is 0 Å². The van der Waals surface area contributed by atoms with Gasteiger partial charge in [-0.3, -0.25) is 0 Å². The summed E-state index contributed by atoms with van der Waals surface area (Å²) in [4.78, 5) is 3.60. The van der Waals surface area contributed by atoms with E-state index in [0.717, 1.165) is 6.39 Å². The summed E-state index contributed by atoms with van der Waals surface area (Å²) in [6.07, 6.45) is 1.01. The van der Waals surface area contributed by atoms with Gasteiger partial charge in [-0.15, -0.1) is 0 Å². The van der Waals surface area contributed by atoms with E-state index in [-0.39, 0.29) is 11.4 Å². The van der Waals surface area contributed by atoms with Crippen LogP contribution in [-0.2, 0) is 0 Å². The number of hydrogen-bond acceptors (Lipinski definition) is 4. The van der Waals surface area contributed by atoms with Crippen molar-refractivity contribution < 1.29 is 17.7 Å².